The van der Waals surface area contributed by atoms with Gasteiger partial charge >= 0.3 is 0 Å². The van der Waals surface area contributed by atoms with Gasteiger partial charge in [0.1, 0.15) is 5.75 Å². The van der Waals surface area contributed by atoms with Crippen molar-refractivity contribution in [2.45, 2.75) is 24.9 Å². The quantitative estimate of drug-likeness (QED) is 0.796. The lowest BCUT2D eigenvalue weighted by atomic mass is 9.96. The van der Waals surface area contributed by atoms with Crippen LogP contribution in [-0.4, -0.2) is 53.9 Å². The summed E-state index contributed by atoms with van der Waals surface area (Å²) in [6.45, 7) is 1.97. The molecule has 3 heterocycles. The van der Waals surface area contributed by atoms with E-state index in [-0.39, 0.29) is 17.9 Å². The van der Waals surface area contributed by atoms with Crippen molar-refractivity contribution in [3.05, 3.63) is 30.2 Å². The zero-order chi connectivity index (χ0) is 16.5. The first-order chi connectivity index (χ1) is 11.8. The maximum atomic E-state index is 12.0. The van der Waals surface area contributed by atoms with Crippen LogP contribution < -0.4 is 4.74 Å². The Morgan fingerprint density at radius 2 is 2.04 bits per heavy atom. The number of piperidine rings is 1. The molecule has 1 aromatic heterocycles. The van der Waals surface area contributed by atoms with Crippen LogP contribution in [0.1, 0.15) is 24.7 Å². The Morgan fingerprint density at radius 3 is 2.75 bits per heavy atom. The number of aromatic nitrogens is 2. The van der Waals surface area contributed by atoms with Gasteiger partial charge in [0.25, 0.3) is 5.91 Å². The summed E-state index contributed by atoms with van der Waals surface area (Å²) in [6, 6.07) is 7.59. The minimum absolute atomic E-state index is 0.105. The van der Waals surface area contributed by atoms with E-state index >= 15 is 0 Å². The van der Waals surface area contributed by atoms with E-state index in [1.54, 1.807) is 7.11 Å². The number of para-hydroxylation sites is 1. The molecule has 2 aliphatic heterocycles. The van der Waals surface area contributed by atoms with Gasteiger partial charge in [-0.05, 0) is 25.0 Å². The highest BCUT2D eigenvalue weighted by Gasteiger charge is 2.37. The van der Waals surface area contributed by atoms with Gasteiger partial charge in [0, 0.05) is 19.0 Å². The molecular weight excluding hydrogens is 310 g/mol. The molecule has 0 aliphatic carbocycles. The van der Waals surface area contributed by atoms with E-state index in [1.807, 2.05) is 29.2 Å². The number of rotatable bonds is 4. The molecule has 2 saturated heterocycles. The molecule has 1 amide bonds. The number of hydrogen-bond acceptors (Lipinski definition) is 6. The van der Waals surface area contributed by atoms with Crippen molar-refractivity contribution in [2.75, 3.05) is 26.8 Å². The van der Waals surface area contributed by atoms with Crippen molar-refractivity contribution in [2.24, 2.45) is 0 Å². The Labute approximate surface area is 139 Å². The van der Waals surface area contributed by atoms with E-state index in [9.17, 15) is 4.79 Å². The third kappa shape index (κ3) is 2.87. The van der Waals surface area contributed by atoms with Gasteiger partial charge in [0.2, 0.25) is 11.7 Å². The van der Waals surface area contributed by atoms with Crippen LogP contribution in [0.15, 0.2) is 28.8 Å². The summed E-state index contributed by atoms with van der Waals surface area (Å²) in [5.74, 6) is 2.17. The Kier molecular flexibility index (Phi) is 3.93. The van der Waals surface area contributed by atoms with E-state index in [4.69, 9.17) is 14.0 Å². The molecule has 2 fully saturated rings. The second kappa shape index (κ2) is 6.24. The Bertz CT molecular complexity index is 733. The van der Waals surface area contributed by atoms with Crippen LogP contribution in [0.2, 0.25) is 0 Å². The van der Waals surface area contributed by atoms with Gasteiger partial charge < -0.3 is 18.9 Å². The van der Waals surface area contributed by atoms with Gasteiger partial charge in [0.15, 0.2) is 6.10 Å². The summed E-state index contributed by atoms with van der Waals surface area (Å²) in [6.07, 6.45) is 1.44. The number of carbonyl (C=O) groups excluding carboxylic acids is 1. The SMILES string of the molecule is COc1ccccc1-c1noc(C2CCN(C(=O)C3CO3)CC2)n1. The number of carbonyl (C=O) groups is 1. The highest BCUT2D eigenvalue weighted by molar-refractivity contribution is 5.83. The molecule has 126 valence electrons. The van der Waals surface area contributed by atoms with E-state index in [2.05, 4.69) is 10.1 Å². The lowest BCUT2D eigenvalue weighted by Gasteiger charge is -2.29. The number of epoxide rings is 1. The van der Waals surface area contributed by atoms with E-state index in [1.165, 1.54) is 0 Å². The zero-order valence-corrected chi connectivity index (χ0v) is 13.5. The molecule has 1 aromatic carbocycles. The van der Waals surface area contributed by atoms with Crippen LogP contribution >= 0.6 is 0 Å². The van der Waals surface area contributed by atoms with Crippen molar-refractivity contribution in [1.29, 1.82) is 0 Å². The minimum Gasteiger partial charge on any atom is -0.496 e. The molecule has 2 aliphatic rings. The monoisotopic (exact) mass is 329 g/mol. The molecule has 7 nitrogen and oxygen atoms in total. The molecule has 1 atom stereocenters. The van der Waals surface area contributed by atoms with Crippen LogP contribution in [0.5, 0.6) is 5.75 Å². The largest absolute Gasteiger partial charge is 0.496 e. The number of ether oxygens (including phenoxy) is 2. The van der Waals surface area contributed by atoms with Gasteiger partial charge in [-0.15, -0.1) is 0 Å². The fraction of sp³-hybridized carbons (Fsp3) is 0.471. The molecule has 0 N–H and O–H groups in total. The van der Waals surface area contributed by atoms with Crippen molar-refractivity contribution in [3.63, 3.8) is 0 Å². The summed E-state index contributed by atoms with van der Waals surface area (Å²) in [5.41, 5.74) is 0.813. The van der Waals surface area contributed by atoms with Crippen LogP contribution in [0, 0.1) is 0 Å². The van der Waals surface area contributed by atoms with Gasteiger partial charge in [0.05, 0.1) is 19.3 Å². The summed E-state index contributed by atoms with van der Waals surface area (Å²) < 4.78 is 15.9. The maximum absolute atomic E-state index is 12.0. The van der Waals surface area contributed by atoms with Crippen molar-refractivity contribution in [1.82, 2.24) is 15.0 Å². The second-order valence-corrected chi connectivity index (χ2v) is 6.08. The van der Waals surface area contributed by atoms with Crippen LogP contribution in [0.3, 0.4) is 0 Å². The van der Waals surface area contributed by atoms with Crippen molar-refractivity contribution >= 4 is 5.91 Å². The molecule has 0 saturated carbocycles. The van der Waals surface area contributed by atoms with E-state index in [0.717, 1.165) is 24.2 Å². The average Bonchev–Trinajstić information content (AvgIpc) is 3.38. The van der Waals surface area contributed by atoms with Crippen molar-refractivity contribution < 1.29 is 18.8 Å². The van der Waals surface area contributed by atoms with E-state index in [0.29, 0.717) is 31.4 Å². The predicted molar refractivity (Wildman–Crippen MR) is 84.6 cm³/mol. The minimum atomic E-state index is -0.206. The number of nitrogens with zero attached hydrogens (tertiary/aromatic N) is 3. The number of benzene rings is 1. The van der Waals surface area contributed by atoms with Gasteiger partial charge in [-0.25, -0.2) is 0 Å². The van der Waals surface area contributed by atoms with Gasteiger partial charge in [-0.1, -0.05) is 17.3 Å². The smallest absolute Gasteiger partial charge is 0.254 e. The Hall–Kier alpha value is -2.41. The Morgan fingerprint density at radius 1 is 1.29 bits per heavy atom. The number of amides is 1. The summed E-state index contributed by atoms with van der Waals surface area (Å²) >= 11 is 0. The molecular formula is C17H19N3O4. The molecule has 7 heteroatoms. The molecule has 0 radical (unpaired) electrons. The van der Waals surface area contributed by atoms with Crippen LogP contribution in [0.4, 0.5) is 0 Å². The van der Waals surface area contributed by atoms with E-state index < -0.39 is 0 Å². The summed E-state index contributed by atoms with van der Waals surface area (Å²) in [7, 11) is 1.62. The van der Waals surface area contributed by atoms with Crippen LogP contribution in [0.25, 0.3) is 11.4 Å². The maximum Gasteiger partial charge on any atom is 0.254 e. The fourth-order valence-electron chi connectivity index (χ4n) is 3.08. The third-order valence-electron chi connectivity index (χ3n) is 4.55. The van der Waals surface area contributed by atoms with Gasteiger partial charge in [-0.3, -0.25) is 4.79 Å². The fourth-order valence-corrected chi connectivity index (χ4v) is 3.08. The molecule has 0 bridgehead atoms. The summed E-state index contributed by atoms with van der Waals surface area (Å²) in [4.78, 5) is 18.4. The zero-order valence-electron chi connectivity index (χ0n) is 13.5. The first-order valence-corrected chi connectivity index (χ1v) is 8.13. The van der Waals surface area contributed by atoms with Crippen LogP contribution in [-0.2, 0) is 9.53 Å². The first kappa shape index (κ1) is 15.1. The summed E-state index contributed by atoms with van der Waals surface area (Å²) in [5, 5.41) is 4.10. The molecule has 24 heavy (non-hydrogen) atoms. The first-order valence-electron chi connectivity index (χ1n) is 8.13. The normalized spacial score (nSPS) is 20.9. The standard InChI is InChI=1S/C17H19N3O4/c1-22-13-5-3-2-4-12(13)15-18-16(24-19-15)11-6-8-20(9-7-11)17(21)14-10-23-14/h2-5,11,14H,6-10H2,1H3. The molecule has 4 rings (SSSR count). The van der Waals surface area contributed by atoms with Gasteiger partial charge in [-0.2, -0.15) is 4.98 Å². The lowest BCUT2D eigenvalue weighted by Crippen LogP contribution is -2.40. The average molecular weight is 329 g/mol. The van der Waals surface area contributed by atoms with Crippen molar-refractivity contribution in [3.8, 4) is 17.1 Å². The second-order valence-electron chi connectivity index (χ2n) is 6.08. The number of likely N-dealkylation sites (tertiary alicyclic amines) is 1. The predicted octanol–water partition coefficient (Wildman–Crippen LogP) is 1.85. The Balaban J connectivity index is 1.45. The highest BCUT2D eigenvalue weighted by Crippen LogP contribution is 2.32. The topological polar surface area (TPSA) is 81.0 Å². The molecule has 0 spiro atoms. The highest BCUT2D eigenvalue weighted by atomic mass is 16.6. The number of methoxy groups -OCH3 is 1. The number of hydrogen-bond donors (Lipinski definition) is 0. The lowest BCUT2D eigenvalue weighted by molar-refractivity contribution is -0.133. The third-order valence-corrected chi connectivity index (χ3v) is 4.55. The molecule has 1 unspecified atom stereocenters. The molecule has 2 aromatic rings.